The van der Waals surface area contributed by atoms with Gasteiger partial charge in [0.05, 0.1) is 17.7 Å². The highest BCUT2D eigenvalue weighted by Crippen LogP contribution is 2.23. The Kier molecular flexibility index (Phi) is 9.21. The summed E-state index contributed by atoms with van der Waals surface area (Å²) in [7, 11) is 0. The normalized spacial score (nSPS) is 11.7. The Morgan fingerprint density at radius 1 is 1.02 bits per heavy atom. The number of carboxylic acid groups (broad SMARTS) is 1. The molecule has 0 aliphatic rings. The third-order valence-electron chi connectivity index (χ3n) is 6.34. The first-order valence-corrected chi connectivity index (χ1v) is 13.1. The number of guanidine groups is 1. The zero-order valence-corrected chi connectivity index (χ0v) is 23.3. The second-order valence-corrected chi connectivity index (χ2v) is 9.45. The van der Waals surface area contributed by atoms with Crippen LogP contribution in [-0.4, -0.2) is 39.2 Å². The SMILES string of the molecule is C=NC(=N/C(=C\C)c1ccccc1)Nc1cc(C(=O)Nc2cc(CCC(=O)O)cc(-n3cnc(C)c3)c2)ccc1C. The molecular formula is C32H32N6O3. The summed E-state index contributed by atoms with van der Waals surface area (Å²) in [5, 5.41) is 15.3. The minimum atomic E-state index is -0.888. The second kappa shape index (κ2) is 13.2. The monoisotopic (exact) mass is 548 g/mol. The molecule has 0 aliphatic heterocycles. The number of hydrogen-bond donors (Lipinski definition) is 3. The summed E-state index contributed by atoms with van der Waals surface area (Å²) >= 11 is 0. The number of carboxylic acids is 1. The van der Waals surface area contributed by atoms with E-state index in [1.165, 1.54) is 0 Å². The van der Waals surface area contributed by atoms with Crippen molar-refractivity contribution in [3.8, 4) is 5.69 Å². The second-order valence-electron chi connectivity index (χ2n) is 9.45. The van der Waals surface area contributed by atoms with Gasteiger partial charge in [-0.15, -0.1) is 0 Å². The lowest BCUT2D eigenvalue weighted by atomic mass is 10.1. The molecule has 0 saturated heterocycles. The molecule has 1 aromatic heterocycles. The molecular weight excluding hydrogens is 516 g/mol. The van der Waals surface area contributed by atoms with Crippen LogP contribution in [0, 0.1) is 13.8 Å². The summed E-state index contributed by atoms with van der Waals surface area (Å²) in [6.45, 7) is 9.36. The number of amides is 1. The van der Waals surface area contributed by atoms with Gasteiger partial charge in [0.25, 0.3) is 5.91 Å². The van der Waals surface area contributed by atoms with Gasteiger partial charge in [-0.1, -0.05) is 42.5 Å². The van der Waals surface area contributed by atoms with Crippen molar-refractivity contribution < 1.29 is 14.7 Å². The third kappa shape index (κ3) is 7.63. The van der Waals surface area contributed by atoms with Crippen LogP contribution in [0.4, 0.5) is 11.4 Å². The largest absolute Gasteiger partial charge is 0.481 e. The number of carbonyl (C=O) groups is 2. The van der Waals surface area contributed by atoms with E-state index in [2.05, 4.69) is 32.3 Å². The number of aromatic nitrogens is 2. The Balaban J connectivity index is 1.59. The number of benzene rings is 3. The van der Waals surface area contributed by atoms with Gasteiger partial charge in [0.2, 0.25) is 5.96 Å². The summed E-state index contributed by atoms with van der Waals surface area (Å²) in [4.78, 5) is 37.5. The fourth-order valence-electron chi connectivity index (χ4n) is 4.20. The van der Waals surface area contributed by atoms with Crippen molar-refractivity contribution in [2.24, 2.45) is 9.98 Å². The number of allylic oxidation sites excluding steroid dienone is 1. The van der Waals surface area contributed by atoms with Crippen LogP contribution >= 0.6 is 0 Å². The average Bonchev–Trinajstić information content (AvgIpc) is 3.41. The summed E-state index contributed by atoms with van der Waals surface area (Å²) in [6, 6.07) is 20.6. The number of hydrogen-bond acceptors (Lipinski definition) is 4. The molecule has 0 unspecified atom stereocenters. The number of rotatable bonds is 9. The lowest BCUT2D eigenvalue weighted by molar-refractivity contribution is -0.136. The molecule has 0 saturated carbocycles. The number of imidazole rings is 1. The van der Waals surface area contributed by atoms with Crippen LogP contribution in [0.5, 0.6) is 0 Å². The van der Waals surface area contributed by atoms with Gasteiger partial charge in [0.15, 0.2) is 0 Å². The molecule has 1 amide bonds. The molecule has 208 valence electrons. The molecule has 9 heteroatoms. The molecule has 4 rings (SSSR count). The molecule has 9 nitrogen and oxygen atoms in total. The molecule has 3 aromatic carbocycles. The number of aliphatic carboxylic acids is 1. The zero-order valence-electron chi connectivity index (χ0n) is 23.3. The maximum Gasteiger partial charge on any atom is 0.303 e. The van der Waals surface area contributed by atoms with E-state index in [1.54, 1.807) is 24.5 Å². The molecule has 0 aliphatic carbocycles. The van der Waals surface area contributed by atoms with E-state index >= 15 is 0 Å². The molecule has 0 fully saturated rings. The van der Waals surface area contributed by atoms with E-state index < -0.39 is 5.97 Å². The Bertz CT molecular complexity index is 1640. The highest BCUT2D eigenvalue weighted by atomic mass is 16.4. The highest BCUT2D eigenvalue weighted by Gasteiger charge is 2.13. The van der Waals surface area contributed by atoms with Gasteiger partial charge < -0.3 is 20.3 Å². The third-order valence-corrected chi connectivity index (χ3v) is 6.34. The van der Waals surface area contributed by atoms with Gasteiger partial charge in [0, 0.05) is 35.2 Å². The van der Waals surface area contributed by atoms with Crippen LogP contribution in [0.25, 0.3) is 11.4 Å². The van der Waals surface area contributed by atoms with Gasteiger partial charge >= 0.3 is 5.97 Å². The molecule has 4 aromatic rings. The average molecular weight is 549 g/mol. The molecule has 0 atom stereocenters. The number of nitrogens with zero attached hydrogens (tertiary/aromatic N) is 4. The maximum atomic E-state index is 13.3. The lowest BCUT2D eigenvalue weighted by Crippen LogP contribution is -2.15. The molecule has 41 heavy (non-hydrogen) atoms. The van der Waals surface area contributed by atoms with Crippen molar-refractivity contribution in [2.75, 3.05) is 10.6 Å². The predicted octanol–water partition coefficient (Wildman–Crippen LogP) is 6.29. The van der Waals surface area contributed by atoms with Crippen LogP contribution in [0.3, 0.4) is 0 Å². The number of carbonyl (C=O) groups excluding carboxylic acids is 1. The Labute approximate surface area is 239 Å². The van der Waals surface area contributed by atoms with E-state index in [4.69, 9.17) is 5.11 Å². The van der Waals surface area contributed by atoms with E-state index in [-0.39, 0.29) is 12.3 Å². The van der Waals surface area contributed by atoms with Crippen LogP contribution in [0.1, 0.15) is 46.1 Å². The van der Waals surface area contributed by atoms with Crippen molar-refractivity contribution in [2.45, 2.75) is 33.6 Å². The molecule has 1 heterocycles. The predicted molar refractivity (Wildman–Crippen MR) is 164 cm³/mol. The first-order valence-electron chi connectivity index (χ1n) is 13.1. The number of nitrogens with one attached hydrogen (secondary N) is 2. The zero-order chi connectivity index (χ0) is 29.4. The van der Waals surface area contributed by atoms with Gasteiger partial charge in [0.1, 0.15) is 0 Å². The van der Waals surface area contributed by atoms with Crippen molar-refractivity contribution >= 4 is 41.6 Å². The first-order chi connectivity index (χ1) is 19.7. The number of aliphatic imine (C=N–C) groups is 2. The van der Waals surface area contributed by atoms with Crippen LogP contribution in [0.2, 0.25) is 0 Å². The minimum absolute atomic E-state index is 0.0206. The Morgan fingerprint density at radius 3 is 2.46 bits per heavy atom. The molecule has 0 bridgehead atoms. The van der Waals surface area contributed by atoms with Crippen LogP contribution in [-0.2, 0) is 11.2 Å². The van der Waals surface area contributed by atoms with Gasteiger partial charge in [-0.3, -0.25) is 9.59 Å². The topological polar surface area (TPSA) is 121 Å². The van der Waals surface area contributed by atoms with Crippen molar-refractivity contribution in [1.82, 2.24) is 9.55 Å². The van der Waals surface area contributed by atoms with Crippen molar-refractivity contribution in [3.05, 3.63) is 113 Å². The number of aryl methyl sites for hydroxylation is 3. The first kappa shape index (κ1) is 28.7. The summed E-state index contributed by atoms with van der Waals surface area (Å²) in [5.41, 5.74) is 6.60. The van der Waals surface area contributed by atoms with Crippen molar-refractivity contribution in [3.63, 3.8) is 0 Å². The molecule has 3 N–H and O–H groups in total. The quantitative estimate of drug-likeness (QED) is 0.168. The summed E-state index contributed by atoms with van der Waals surface area (Å²) in [6.07, 6.45) is 5.74. The fourth-order valence-corrected chi connectivity index (χ4v) is 4.20. The highest BCUT2D eigenvalue weighted by molar-refractivity contribution is 6.06. The van der Waals surface area contributed by atoms with Gasteiger partial charge in [-0.2, -0.15) is 0 Å². The van der Waals surface area contributed by atoms with Crippen LogP contribution < -0.4 is 10.6 Å². The fraction of sp³-hybridized carbons (Fsp3) is 0.156. The Morgan fingerprint density at radius 2 is 1.80 bits per heavy atom. The molecule has 0 radical (unpaired) electrons. The van der Waals surface area contributed by atoms with E-state index in [1.807, 2.05) is 86.1 Å². The molecule has 0 spiro atoms. The van der Waals surface area contributed by atoms with Gasteiger partial charge in [-0.05, 0) is 80.9 Å². The van der Waals surface area contributed by atoms with Crippen molar-refractivity contribution in [1.29, 1.82) is 0 Å². The van der Waals surface area contributed by atoms with Crippen LogP contribution in [0.15, 0.2) is 95.3 Å². The smallest absolute Gasteiger partial charge is 0.303 e. The van der Waals surface area contributed by atoms with Gasteiger partial charge in [-0.25, -0.2) is 15.0 Å². The van der Waals surface area contributed by atoms with E-state index in [0.717, 1.165) is 33.8 Å². The number of anilines is 2. The maximum absolute atomic E-state index is 13.3. The summed E-state index contributed by atoms with van der Waals surface area (Å²) < 4.78 is 1.83. The lowest BCUT2D eigenvalue weighted by Gasteiger charge is -2.14. The van der Waals surface area contributed by atoms with E-state index in [0.29, 0.717) is 29.3 Å². The standard InChI is InChI=1S/C32H32N6O3/c1-5-28(24-9-7-6-8-10-24)36-32(33-4)37-29-17-25(13-11-21(29)2)31(41)35-26-15-23(12-14-30(39)40)16-27(18-26)38-19-22(3)34-20-38/h5-11,13,15-20H,4,12,14H2,1-3H3,(H,35,41)(H,36,37)(H,39,40)/b28-5-. The van der Waals surface area contributed by atoms with E-state index in [9.17, 15) is 9.59 Å². The summed E-state index contributed by atoms with van der Waals surface area (Å²) in [5.74, 6) is -0.907. The Hall–Kier alpha value is -5.31. The minimum Gasteiger partial charge on any atom is -0.481 e.